The van der Waals surface area contributed by atoms with Crippen LogP contribution >= 0.6 is 0 Å². The number of carboxylic acid groups (broad SMARTS) is 1. The van der Waals surface area contributed by atoms with E-state index in [2.05, 4.69) is 17.4 Å². The highest BCUT2D eigenvalue weighted by Crippen LogP contribution is 2.45. The van der Waals surface area contributed by atoms with Crippen molar-refractivity contribution in [1.82, 2.24) is 10.2 Å². The minimum Gasteiger partial charge on any atom is -0.480 e. The summed E-state index contributed by atoms with van der Waals surface area (Å²) in [6, 6.07) is 15.2. The number of likely N-dealkylation sites (N-methyl/N-ethyl adjacent to an activating group) is 1. The molecule has 2 amide bonds. The van der Waals surface area contributed by atoms with E-state index in [9.17, 15) is 19.5 Å². The molecule has 7 heteroatoms. The molecule has 2 N–H and O–H groups in total. The molecule has 0 bridgehead atoms. The molecule has 2 aromatic carbocycles. The summed E-state index contributed by atoms with van der Waals surface area (Å²) in [5.74, 6) is -1.65. The van der Waals surface area contributed by atoms with E-state index in [4.69, 9.17) is 4.74 Å². The number of ether oxygens (including phenoxy) is 1. The van der Waals surface area contributed by atoms with Crippen LogP contribution in [0.1, 0.15) is 43.7 Å². The van der Waals surface area contributed by atoms with Crippen LogP contribution in [0.5, 0.6) is 0 Å². The maximum absolute atomic E-state index is 13.1. The largest absolute Gasteiger partial charge is 0.480 e. The van der Waals surface area contributed by atoms with Crippen LogP contribution < -0.4 is 5.32 Å². The highest BCUT2D eigenvalue weighted by Gasteiger charge is 2.51. The zero-order valence-corrected chi connectivity index (χ0v) is 18.5. The summed E-state index contributed by atoms with van der Waals surface area (Å²) in [5, 5.41) is 12.0. The first-order valence-electron chi connectivity index (χ1n) is 10.9. The van der Waals surface area contributed by atoms with Gasteiger partial charge in [-0.3, -0.25) is 4.79 Å². The number of nitrogens with one attached hydrogen (secondary N) is 1. The third-order valence-corrected chi connectivity index (χ3v) is 6.80. The van der Waals surface area contributed by atoms with E-state index in [0.717, 1.165) is 35.1 Å². The number of nitrogens with zero attached hydrogens (tertiary/aromatic N) is 1. The van der Waals surface area contributed by atoms with E-state index < -0.39 is 29.6 Å². The molecule has 1 saturated carbocycles. The Morgan fingerprint density at radius 3 is 2.12 bits per heavy atom. The number of carbonyl (C=O) groups is 3. The standard InChI is InChI=1S/C25H28N2O5/c1-15(22(28)29)27(3)23(30)25(2,16-12-13-16)26-24(31)32-14-21-19-10-6-4-8-17(19)18-9-5-7-11-20(18)21/h4-11,15-16,21H,12-14H2,1-3H3,(H,26,31)(H,28,29). The van der Waals surface area contributed by atoms with E-state index in [-0.39, 0.29) is 18.4 Å². The van der Waals surface area contributed by atoms with Gasteiger partial charge in [0.2, 0.25) is 5.91 Å². The molecule has 1 fully saturated rings. The first-order chi connectivity index (χ1) is 15.2. The molecule has 2 aromatic rings. The summed E-state index contributed by atoms with van der Waals surface area (Å²) in [6.07, 6.45) is 0.911. The van der Waals surface area contributed by atoms with Gasteiger partial charge in [0, 0.05) is 13.0 Å². The molecule has 2 atom stereocenters. The molecule has 0 spiro atoms. The summed E-state index contributed by atoms with van der Waals surface area (Å²) >= 11 is 0. The van der Waals surface area contributed by atoms with Crippen molar-refractivity contribution in [2.75, 3.05) is 13.7 Å². The first-order valence-corrected chi connectivity index (χ1v) is 10.9. The molecule has 168 valence electrons. The first kappa shape index (κ1) is 21.9. The van der Waals surface area contributed by atoms with Crippen molar-refractivity contribution in [3.8, 4) is 11.1 Å². The van der Waals surface area contributed by atoms with E-state index in [1.54, 1.807) is 6.92 Å². The Morgan fingerprint density at radius 2 is 1.62 bits per heavy atom. The molecule has 2 unspecified atom stereocenters. The number of rotatable bonds is 7. The molecule has 0 radical (unpaired) electrons. The molecular formula is C25H28N2O5. The van der Waals surface area contributed by atoms with Crippen LogP contribution in [-0.4, -0.2) is 53.2 Å². The highest BCUT2D eigenvalue weighted by molar-refractivity contribution is 5.93. The minimum absolute atomic E-state index is 0.0427. The quantitative estimate of drug-likeness (QED) is 0.691. The predicted molar refractivity (Wildman–Crippen MR) is 119 cm³/mol. The lowest BCUT2D eigenvalue weighted by atomic mass is 9.93. The molecule has 0 aromatic heterocycles. The van der Waals surface area contributed by atoms with Gasteiger partial charge in [-0.25, -0.2) is 9.59 Å². The van der Waals surface area contributed by atoms with Crippen molar-refractivity contribution < 1.29 is 24.2 Å². The van der Waals surface area contributed by atoms with E-state index in [1.807, 2.05) is 36.4 Å². The van der Waals surface area contributed by atoms with Crippen LogP contribution in [0.25, 0.3) is 11.1 Å². The Bertz CT molecular complexity index is 1020. The van der Waals surface area contributed by atoms with Crippen molar-refractivity contribution in [3.63, 3.8) is 0 Å². The number of hydrogen-bond donors (Lipinski definition) is 2. The van der Waals surface area contributed by atoms with Crippen molar-refractivity contribution in [3.05, 3.63) is 59.7 Å². The SMILES string of the molecule is CC(C(=O)O)N(C)C(=O)C(C)(NC(=O)OCC1c2ccccc2-c2ccccc21)C1CC1. The Balaban J connectivity index is 1.47. The fourth-order valence-corrected chi connectivity index (χ4v) is 4.55. The van der Waals surface area contributed by atoms with Crippen LogP contribution in [0.4, 0.5) is 4.79 Å². The van der Waals surface area contributed by atoms with Gasteiger partial charge in [-0.2, -0.15) is 0 Å². The van der Waals surface area contributed by atoms with Gasteiger partial charge in [0.1, 0.15) is 18.2 Å². The van der Waals surface area contributed by atoms with Crippen molar-refractivity contribution >= 4 is 18.0 Å². The van der Waals surface area contributed by atoms with Crippen LogP contribution in [0.2, 0.25) is 0 Å². The molecule has 7 nitrogen and oxygen atoms in total. The van der Waals surface area contributed by atoms with Crippen LogP contribution in [0.15, 0.2) is 48.5 Å². The molecule has 4 rings (SSSR count). The topological polar surface area (TPSA) is 95.9 Å². The Morgan fingerprint density at radius 1 is 1.09 bits per heavy atom. The zero-order chi connectivity index (χ0) is 23.0. The second-order valence-corrected chi connectivity index (χ2v) is 8.86. The highest BCUT2D eigenvalue weighted by atomic mass is 16.5. The maximum Gasteiger partial charge on any atom is 0.408 e. The third-order valence-electron chi connectivity index (χ3n) is 6.80. The van der Waals surface area contributed by atoms with Gasteiger partial charge < -0.3 is 20.1 Å². The molecule has 2 aliphatic rings. The Labute approximate surface area is 187 Å². The summed E-state index contributed by atoms with van der Waals surface area (Å²) in [5.41, 5.74) is 3.29. The molecule has 2 aliphatic carbocycles. The lowest BCUT2D eigenvalue weighted by molar-refractivity contribution is -0.151. The number of hydrogen-bond acceptors (Lipinski definition) is 4. The van der Waals surface area contributed by atoms with Gasteiger partial charge in [0.15, 0.2) is 0 Å². The summed E-state index contributed by atoms with van der Waals surface area (Å²) < 4.78 is 5.61. The zero-order valence-electron chi connectivity index (χ0n) is 18.5. The minimum atomic E-state index is -1.21. The number of carboxylic acids is 1. The maximum atomic E-state index is 13.1. The Hall–Kier alpha value is -3.35. The van der Waals surface area contributed by atoms with Gasteiger partial charge in [0.05, 0.1) is 0 Å². The van der Waals surface area contributed by atoms with Crippen LogP contribution in [-0.2, 0) is 14.3 Å². The monoisotopic (exact) mass is 436 g/mol. The van der Waals surface area contributed by atoms with E-state index in [0.29, 0.717) is 0 Å². The summed E-state index contributed by atoms with van der Waals surface area (Å²) in [6.45, 7) is 3.25. The molecule has 0 heterocycles. The van der Waals surface area contributed by atoms with E-state index >= 15 is 0 Å². The molecule has 0 aliphatic heterocycles. The van der Waals surface area contributed by atoms with Gasteiger partial charge in [-0.15, -0.1) is 0 Å². The number of fused-ring (bicyclic) bond motifs is 3. The van der Waals surface area contributed by atoms with Crippen LogP contribution in [0, 0.1) is 5.92 Å². The number of carbonyl (C=O) groups excluding carboxylic acids is 2. The average Bonchev–Trinajstić information content (AvgIpc) is 3.60. The average molecular weight is 437 g/mol. The summed E-state index contributed by atoms with van der Waals surface area (Å²) in [4.78, 5) is 38.4. The van der Waals surface area contributed by atoms with Crippen molar-refractivity contribution in [1.29, 1.82) is 0 Å². The van der Waals surface area contributed by atoms with Gasteiger partial charge in [-0.1, -0.05) is 48.5 Å². The second kappa shape index (κ2) is 8.30. The number of amides is 2. The number of benzene rings is 2. The second-order valence-electron chi connectivity index (χ2n) is 8.86. The van der Waals surface area contributed by atoms with Crippen molar-refractivity contribution in [2.45, 2.75) is 44.2 Å². The van der Waals surface area contributed by atoms with Crippen LogP contribution in [0.3, 0.4) is 0 Å². The predicted octanol–water partition coefficient (Wildman–Crippen LogP) is 3.63. The lowest BCUT2D eigenvalue weighted by Gasteiger charge is -2.35. The molecular weight excluding hydrogens is 408 g/mol. The summed E-state index contributed by atoms with van der Waals surface area (Å²) in [7, 11) is 1.45. The fourth-order valence-electron chi connectivity index (χ4n) is 4.55. The third kappa shape index (κ3) is 3.83. The number of alkyl carbamates (subject to hydrolysis) is 1. The van der Waals surface area contributed by atoms with Crippen molar-refractivity contribution in [2.24, 2.45) is 5.92 Å². The van der Waals surface area contributed by atoms with Gasteiger partial charge in [-0.05, 0) is 54.9 Å². The number of aliphatic carboxylic acids is 1. The smallest absolute Gasteiger partial charge is 0.408 e. The van der Waals surface area contributed by atoms with Gasteiger partial charge >= 0.3 is 12.1 Å². The van der Waals surface area contributed by atoms with Gasteiger partial charge in [0.25, 0.3) is 0 Å². The normalized spacial score (nSPS) is 17.5. The lowest BCUT2D eigenvalue weighted by Crippen LogP contribution is -2.60. The van der Waals surface area contributed by atoms with E-state index in [1.165, 1.54) is 18.9 Å². The molecule has 0 saturated heterocycles. The fraction of sp³-hybridized carbons (Fsp3) is 0.400. The molecule has 32 heavy (non-hydrogen) atoms. The Kier molecular flexibility index (Phi) is 5.67.